The first-order chi connectivity index (χ1) is 9.63. The molecule has 0 radical (unpaired) electrons. The smallest absolute Gasteiger partial charge is 0.310 e. The molecule has 2 rings (SSSR count). The standard InChI is InChI=1S/C16H21NO3/c1-12(18)17-14-9-7-13(8-10-14)11-16(19)20-15-5-3-2-4-6-15/h7-10,15H,2-6,11H2,1H3,(H,17,18). The van der Waals surface area contributed by atoms with Crippen molar-refractivity contribution in [2.45, 2.75) is 51.6 Å². The number of amides is 1. The summed E-state index contributed by atoms with van der Waals surface area (Å²) in [6, 6.07) is 7.27. The number of anilines is 1. The van der Waals surface area contributed by atoms with E-state index in [0.29, 0.717) is 0 Å². The summed E-state index contributed by atoms with van der Waals surface area (Å²) in [7, 11) is 0. The van der Waals surface area contributed by atoms with Crippen molar-refractivity contribution in [1.29, 1.82) is 0 Å². The van der Waals surface area contributed by atoms with Gasteiger partial charge < -0.3 is 10.1 Å². The number of rotatable bonds is 4. The quantitative estimate of drug-likeness (QED) is 0.859. The SMILES string of the molecule is CC(=O)Nc1ccc(CC(=O)OC2CCCCC2)cc1. The molecule has 1 aliphatic carbocycles. The van der Waals surface area contributed by atoms with E-state index in [-0.39, 0.29) is 24.4 Å². The van der Waals surface area contributed by atoms with Crippen LogP contribution in [0.4, 0.5) is 5.69 Å². The van der Waals surface area contributed by atoms with E-state index in [9.17, 15) is 9.59 Å². The molecule has 0 unspecified atom stereocenters. The summed E-state index contributed by atoms with van der Waals surface area (Å²) in [6.45, 7) is 1.47. The van der Waals surface area contributed by atoms with Crippen LogP contribution in [-0.2, 0) is 20.7 Å². The van der Waals surface area contributed by atoms with Gasteiger partial charge in [0.2, 0.25) is 5.91 Å². The molecule has 108 valence electrons. The third-order valence-corrected chi connectivity index (χ3v) is 3.47. The summed E-state index contributed by atoms with van der Waals surface area (Å²) in [5.41, 5.74) is 1.64. The van der Waals surface area contributed by atoms with E-state index in [1.165, 1.54) is 13.3 Å². The molecule has 0 atom stereocenters. The second-order valence-electron chi connectivity index (χ2n) is 5.30. The first-order valence-corrected chi connectivity index (χ1v) is 7.19. The van der Waals surface area contributed by atoms with Crippen LogP contribution >= 0.6 is 0 Å². The number of benzene rings is 1. The summed E-state index contributed by atoms with van der Waals surface area (Å²) in [4.78, 5) is 22.8. The predicted molar refractivity (Wildman–Crippen MR) is 77.4 cm³/mol. The Labute approximate surface area is 119 Å². The van der Waals surface area contributed by atoms with Gasteiger partial charge in [0.05, 0.1) is 6.42 Å². The van der Waals surface area contributed by atoms with Gasteiger partial charge in [0.25, 0.3) is 0 Å². The summed E-state index contributed by atoms with van der Waals surface area (Å²) in [5.74, 6) is -0.265. The van der Waals surface area contributed by atoms with Crippen LogP contribution in [0.5, 0.6) is 0 Å². The molecule has 0 heterocycles. The maximum Gasteiger partial charge on any atom is 0.310 e. The summed E-state index contributed by atoms with van der Waals surface area (Å²) < 4.78 is 5.48. The summed E-state index contributed by atoms with van der Waals surface area (Å²) >= 11 is 0. The van der Waals surface area contributed by atoms with Crippen LogP contribution in [0.25, 0.3) is 0 Å². The fourth-order valence-electron chi connectivity index (χ4n) is 2.49. The Morgan fingerprint density at radius 3 is 2.40 bits per heavy atom. The Balaban J connectivity index is 1.82. The van der Waals surface area contributed by atoms with Gasteiger partial charge in [-0.05, 0) is 43.4 Å². The molecule has 1 aromatic carbocycles. The van der Waals surface area contributed by atoms with Gasteiger partial charge in [-0.3, -0.25) is 9.59 Å². The normalized spacial score (nSPS) is 15.7. The van der Waals surface area contributed by atoms with Crippen LogP contribution in [0.1, 0.15) is 44.6 Å². The highest BCUT2D eigenvalue weighted by Gasteiger charge is 2.17. The van der Waals surface area contributed by atoms with Crippen molar-refractivity contribution in [2.24, 2.45) is 0 Å². The zero-order valence-electron chi connectivity index (χ0n) is 11.9. The number of hydrogen-bond donors (Lipinski definition) is 1. The van der Waals surface area contributed by atoms with Crippen LogP contribution in [0, 0.1) is 0 Å². The third-order valence-electron chi connectivity index (χ3n) is 3.47. The lowest BCUT2D eigenvalue weighted by atomic mass is 9.98. The maximum atomic E-state index is 11.9. The molecule has 1 aliphatic rings. The molecule has 0 saturated heterocycles. The maximum absolute atomic E-state index is 11.9. The van der Waals surface area contributed by atoms with Crippen LogP contribution in [0.2, 0.25) is 0 Å². The van der Waals surface area contributed by atoms with Crippen molar-refractivity contribution in [3.05, 3.63) is 29.8 Å². The Morgan fingerprint density at radius 2 is 1.80 bits per heavy atom. The number of esters is 1. The average Bonchev–Trinajstić information content (AvgIpc) is 2.41. The van der Waals surface area contributed by atoms with Crippen LogP contribution < -0.4 is 5.32 Å². The molecule has 0 spiro atoms. The van der Waals surface area contributed by atoms with Gasteiger partial charge in [-0.25, -0.2) is 0 Å². The zero-order valence-corrected chi connectivity index (χ0v) is 11.9. The lowest BCUT2D eigenvalue weighted by Crippen LogP contribution is -2.21. The number of carbonyl (C=O) groups excluding carboxylic acids is 2. The summed E-state index contributed by atoms with van der Waals surface area (Å²) in [5, 5.41) is 2.70. The van der Waals surface area contributed by atoms with E-state index < -0.39 is 0 Å². The van der Waals surface area contributed by atoms with Gasteiger partial charge in [-0.1, -0.05) is 18.6 Å². The Morgan fingerprint density at radius 1 is 1.15 bits per heavy atom. The number of hydrogen-bond acceptors (Lipinski definition) is 3. The molecule has 0 bridgehead atoms. The van der Waals surface area contributed by atoms with E-state index >= 15 is 0 Å². The molecule has 0 aliphatic heterocycles. The fourth-order valence-corrected chi connectivity index (χ4v) is 2.49. The fraction of sp³-hybridized carbons (Fsp3) is 0.500. The Kier molecular flexibility index (Phi) is 5.16. The molecular weight excluding hydrogens is 254 g/mol. The van der Waals surface area contributed by atoms with Gasteiger partial charge in [-0.15, -0.1) is 0 Å². The van der Waals surface area contributed by atoms with Crippen molar-refractivity contribution in [1.82, 2.24) is 0 Å². The molecule has 4 nitrogen and oxygen atoms in total. The molecule has 1 amide bonds. The monoisotopic (exact) mass is 275 g/mol. The van der Waals surface area contributed by atoms with Crippen molar-refractivity contribution >= 4 is 17.6 Å². The first-order valence-electron chi connectivity index (χ1n) is 7.19. The van der Waals surface area contributed by atoms with Gasteiger partial charge >= 0.3 is 5.97 Å². The van der Waals surface area contributed by atoms with E-state index in [0.717, 1.165) is 36.9 Å². The van der Waals surface area contributed by atoms with Gasteiger partial charge in [-0.2, -0.15) is 0 Å². The molecule has 1 saturated carbocycles. The van der Waals surface area contributed by atoms with E-state index in [2.05, 4.69) is 5.32 Å². The van der Waals surface area contributed by atoms with Gasteiger partial charge in [0.15, 0.2) is 0 Å². The minimum Gasteiger partial charge on any atom is -0.462 e. The zero-order chi connectivity index (χ0) is 14.4. The lowest BCUT2D eigenvalue weighted by Gasteiger charge is -2.21. The van der Waals surface area contributed by atoms with Crippen molar-refractivity contribution in [3.63, 3.8) is 0 Å². The molecule has 20 heavy (non-hydrogen) atoms. The van der Waals surface area contributed by atoms with E-state index in [1.54, 1.807) is 12.1 Å². The van der Waals surface area contributed by atoms with Crippen molar-refractivity contribution < 1.29 is 14.3 Å². The molecule has 1 N–H and O–H groups in total. The molecular formula is C16H21NO3. The average molecular weight is 275 g/mol. The lowest BCUT2D eigenvalue weighted by molar-refractivity contribution is -0.149. The highest BCUT2D eigenvalue weighted by Crippen LogP contribution is 2.21. The number of carbonyl (C=O) groups is 2. The third kappa shape index (κ3) is 4.68. The van der Waals surface area contributed by atoms with Crippen molar-refractivity contribution in [3.8, 4) is 0 Å². The Hall–Kier alpha value is -1.84. The van der Waals surface area contributed by atoms with E-state index in [1.807, 2.05) is 12.1 Å². The summed E-state index contributed by atoms with van der Waals surface area (Å²) in [6.07, 6.45) is 5.94. The van der Waals surface area contributed by atoms with Gasteiger partial charge in [0, 0.05) is 12.6 Å². The minimum atomic E-state index is -0.163. The van der Waals surface area contributed by atoms with Crippen molar-refractivity contribution in [2.75, 3.05) is 5.32 Å². The highest BCUT2D eigenvalue weighted by atomic mass is 16.5. The van der Waals surface area contributed by atoms with Crippen LogP contribution in [0.15, 0.2) is 24.3 Å². The number of nitrogens with one attached hydrogen (secondary N) is 1. The second-order valence-corrected chi connectivity index (χ2v) is 5.30. The van der Waals surface area contributed by atoms with Crippen LogP contribution in [-0.4, -0.2) is 18.0 Å². The Bertz CT molecular complexity index is 461. The minimum absolute atomic E-state index is 0.102. The van der Waals surface area contributed by atoms with Crippen LogP contribution in [0.3, 0.4) is 0 Å². The largest absolute Gasteiger partial charge is 0.462 e. The van der Waals surface area contributed by atoms with E-state index in [4.69, 9.17) is 4.74 Å². The molecule has 1 aromatic rings. The molecule has 4 heteroatoms. The molecule has 1 fully saturated rings. The predicted octanol–water partition coefficient (Wildman–Crippen LogP) is 3.06. The highest BCUT2D eigenvalue weighted by molar-refractivity contribution is 5.88. The topological polar surface area (TPSA) is 55.4 Å². The number of ether oxygens (including phenoxy) is 1. The second kappa shape index (κ2) is 7.08. The van der Waals surface area contributed by atoms with Gasteiger partial charge in [0.1, 0.15) is 6.10 Å². The molecule has 0 aromatic heterocycles. The first kappa shape index (κ1) is 14.6.